The molecule has 0 fully saturated rings. The third-order valence-corrected chi connectivity index (χ3v) is 4.44. The zero-order chi connectivity index (χ0) is 15.5. The lowest BCUT2D eigenvalue weighted by molar-refractivity contribution is 0.102. The Labute approximate surface area is 145 Å². The summed E-state index contributed by atoms with van der Waals surface area (Å²) in [7, 11) is 0. The summed E-state index contributed by atoms with van der Waals surface area (Å²) in [5.41, 5.74) is 2.54. The van der Waals surface area contributed by atoms with Crippen LogP contribution < -0.4 is 5.32 Å². The summed E-state index contributed by atoms with van der Waals surface area (Å²) in [6.45, 7) is 1.98. The number of aryl methyl sites for hydroxylation is 1. The molecule has 0 aliphatic rings. The van der Waals surface area contributed by atoms with E-state index in [9.17, 15) is 4.79 Å². The molecule has 1 amide bonds. The van der Waals surface area contributed by atoms with Crippen LogP contribution in [0.1, 0.15) is 15.4 Å². The fraction of sp³-hybridized carbons (Fsp3) is 0.0625. The van der Waals surface area contributed by atoms with Gasteiger partial charge in [-0.15, -0.1) is 11.3 Å². The number of anilines is 1. The molecule has 1 N–H and O–H groups in total. The number of amides is 1. The number of benzene rings is 1. The minimum Gasteiger partial charge on any atom is -0.307 e. The summed E-state index contributed by atoms with van der Waals surface area (Å²) in [5, 5.41) is 5.82. The first kappa shape index (κ1) is 15.1. The van der Waals surface area contributed by atoms with Crippen molar-refractivity contribution in [2.24, 2.45) is 0 Å². The maximum absolute atomic E-state index is 12.2. The van der Waals surface area contributed by atoms with Crippen molar-refractivity contribution in [1.82, 2.24) is 9.97 Å². The minimum atomic E-state index is -0.172. The summed E-state index contributed by atoms with van der Waals surface area (Å²) in [6.07, 6.45) is 1.71. The van der Waals surface area contributed by atoms with Crippen LogP contribution >= 0.6 is 33.9 Å². The molecular formula is C16H12IN3OS. The van der Waals surface area contributed by atoms with Crippen molar-refractivity contribution in [2.45, 2.75) is 6.92 Å². The largest absolute Gasteiger partial charge is 0.307 e. The van der Waals surface area contributed by atoms with E-state index in [4.69, 9.17) is 0 Å². The Morgan fingerprint density at radius 2 is 1.95 bits per heavy atom. The molecule has 2 aromatic heterocycles. The molecule has 6 heteroatoms. The van der Waals surface area contributed by atoms with Gasteiger partial charge in [-0.1, -0.05) is 12.1 Å². The monoisotopic (exact) mass is 421 g/mol. The van der Waals surface area contributed by atoms with Crippen LogP contribution in [-0.2, 0) is 0 Å². The Hall–Kier alpha value is -1.80. The molecule has 0 aliphatic heterocycles. The molecule has 22 heavy (non-hydrogen) atoms. The second-order valence-electron chi connectivity index (χ2n) is 4.64. The van der Waals surface area contributed by atoms with Crippen molar-refractivity contribution in [1.29, 1.82) is 0 Å². The highest BCUT2D eigenvalue weighted by molar-refractivity contribution is 14.1. The molecule has 110 valence electrons. The normalized spacial score (nSPS) is 10.5. The Morgan fingerprint density at radius 3 is 2.55 bits per heavy atom. The zero-order valence-corrected chi connectivity index (χ0v) is 14.7. The number of hydrogen-bond donors (Lipinski definition) is 1. The third-order valence-electron chi connectivity index (χ3n) is 3.03. The average Bonchev–Trinajstić information content (AvgIpc) is 2.96. The molecule has 1 aromatic carbocycles. The Bertz CT molecular complexity index is 797. The SMILES string of the molecule is Cc1nc(-c2ccc(C(=O)Nc3ccc(I)cn3)cc2)cs1. The quantitative estimate of drug-likeness (QED) is 0.640. The molecule has 0 radical (unpaired) electrons. The molecule has 0 aliphatic carbocycles. The molecule has 0 unspecified atom stereocenters. The number of nitrogens with one attached hydrogen (secondary N) is 1. The fourth-order valence-corrected chi connectivity index (χ4v) is 2.87. The van der Waals surface area contributed by atoms with Crippen LogP contribution in [0.5, 0.6) is 0 Å². The number of carbonyl (C=O) groups is 1. The molecular weight excluding hydrogens is 409 g/mol. The number of rotatable bonds is 3. The van der Waals surface area contributed by atoms with Gasteiger partial charge in [0.05, 0.1) is 10.7 Å². The maximum Gasteiger partial charge on any atom is 0.256 e. The smallest absolute Gasteiger partial charge is 0.256 e. The topological polar surface area (TPSA) is 54.9 Å². The molecule has 4 nitrogen and oxygen atoms in total. The van der Waals surface area contributed by atoms with E-state index in [0.29, 0.717) is 11.4 Å². The first-order valence-corrected chi connectivity index (χ1v) is 8.53. The third kappa shape index (κ3) is 3.50. The van der Waals surface area contributed by atoms with Gasteiger partial charge in [0.1, 0.15) is 5.82 Å². The number of pyridine rings is 1. The highest BCUT2D eigenvalue weighted by atomic mass is 127. The minimum absolute atomic E-state index is 0.172. The van der Waals surface area contributed by atoms with Crippen molar-refractivity contribution in [2.75, 3.05) is 5.32 Å². The van der Waals surface area contributed by atoms with Gasteiger partial charge in [0.2, 0.25) is 0 Å². The number of nitrogens with zero attached hydrogens (tertiary/aromatic N) is 2. The van der Waals surface area contributed by atoms with Crippen LogP contribution in [-0.4, -0.2) is 15.9 Å². The van der Waals surface area contributed by atoms with Gasteiger partial charge in [-0.3, -0.25) is 4.79 Å². The van der Waals surface area contributed by atoms with Crippen LogP contribution in [0.15, 0.2) is 48.0 Å². The van der Waals surface area contributed by atoms with Crippen LogP contribution in [0, 0.1) is 10.5 Å². The summed E-state index contributed by atoms with van der Waals surface area (Å²) in [5.74, 6) is 0.374. The Balaban J connectivity index is 1.74. The summed E-state index contributed by atoms with van der Waals surface area (Å²) < 4.78 is 1.03. The van der Waals surface area contributed by atoms with Gasteiger partial charge >= 0.3 is 0 Å². The van der Waals surface area contributed by atoms with Gasteiger partial charge in [0.25, 0.3) is 5.91 Å². The molecule has 0 atom stereocenters. The van der Waals surface area contributed by atoms with Gasteiger partial charge in [0, 0.05) is 26.3 Å². The van der Waals surface area contributed by atoms with Crippen LogP contribution in [0.2, 0.25) is 0 Å². The van der Waals surface area contributed by atoms with E-state index in [1.54, 1.807) is 35.7 Å². The number of hydrogen-bond acceptors (Lipinski definition) is 4. The molecule has 3 aromatic rings. The first-order valence-electron chi connectivity index (χ1n) is 6.57. The van der Waals surface area contributed by atoms with Crippen molar-refractivity contribution in [3.63, 3.8) is 0 Å². The molecule has 0 saturated carbocycles. The van der Waals surface area contributed by atoms with Gasteiger partial charge in [-0.2, -0.15) is 0 Å². The van der Waals surface area contributed by atoms with E-state index in [1.165, 1.54) is 0 Å². The lowest BCUT2D eigenvalue weighted by Crippen LogP contribution is -2.12. The number of carbonyl (C=O) groups excluding carboxylic acids is 1. The highest BCUT2D eigenvalue weighted by Crippen LogP contribution is 2.22. The van der Waals surface area contributed by atoms with E-state index < -0.39 is 0 Å². The van der Waals surface area contributed by atoms with E-state index >= 15 is 0 Å². The molecule has 3 rings (SSSR count). The lowest BCUT2D eigenvalue weighted by Gasteiger charge is -2.05. The van der Waals surface area contributed by atoms with E-state index in [1.807, 2.05) is 30.5 Å². The standard InChI is InChI=1S/C16H12IN3OS/c1-10-19-14(9-22-10)11-2-4-12(5-3-11)16(21)20-15-7-6-13(17)8-18-15/h2-9H,1H3,(H,18,20,21). The van der Waals surface area contributed by atoms with Gasteiger partial charge in [-0.25, -0.2) is 9.97 Å². The van der Waals surface area contributed by atoms with E-state index in [0.717, 1.165) is 19.8 Å². The second-order valence-corrected chi connectivity index (χ2v) is 6.95. The molecule has 0 saturated heterocycles. The van der Waals surface area contributed by atoms with Crippen LogP contribution in [0.3, 0.4) is 0 Å². The molecule has 2 heterocycles. The predicted octanol–water partition coefficient (Wildman–Crippen LogP) is 4.37. The van der Waals surface area contributed by atoms with Crippen LogP contribution in [0.4, 0.5) is 5.82 Å². The maximum atomic E-state index is 12.2. The lowest BCUT2D eigenvalue weighted by atomic mass is 10.1. The van der Waals surface area contributed by atoms with Gasteiger partial charge < -0.3 is 5.32 Å². The van der Waals surface area contributed by atoms with Crippen molar-refractivity contribution in [3.05, 3.63) is 62.1 Å². The number of halogens is 1. The predicted molar refractivity (Wildman–Crippen MR) is 97.2 cm³/mol. The summed E-state index contributed by atoms with van der Waals surface area (Å²) in [4.78, 5) is 20.8. The highest BCUT2D eigenvalue weighted by Gasteiger charge is 2.08. The van der Waals surface area contributed by atoms with Gasteiger partial charge in [0.15, 0.2) is 0 Å². The summed E-state index contributed by atoms with van der Waals surface area (Å²) >= 11 is 3.79. The second kappa shape index (κ2) is 6.53. The fourth-order valence-electron chi connectivity index (χ4n) is 1.93. The average molecular weight is 421 g/mol. The van der Waals surface area contributed by atoms with E-state index in [-0.39, 0.29) is 5.91 Å². The summed E-state index contributed by atoms with van der Waals surface area (Å²) in [6, 6.07) is 11.1. The van der Waals surface area contributed by atoms with Crippen molar-refractivity contribution >= 4 is 45.7 Å². The van der Waals surface area contributed by atoms with Crippen molar-refractivity contribution < 1.29 is 4.79 Å². The van der Waals surface area contributed by atoms with Gasteiger partial charge in [-0.05, 0) is 53.8 Å². The Kier molecular flexibility index (Phi) is 4.49. The van der Waals surface area contributed by atoms with E-state index in [2.05, 4.69) is 37.9 Å². The number of aromatic nitrogens is 2. The van der Waals surface area contributed by atoms with Crippen molar-refractivity contribution in [3.8, 4) is 11.3 Å². The molecule has 0 bridgehead atoms. The Morgan fingerprint density at radius 1 is 1.18 bits per heavy atom. The first-order chi connectivity index (χ1) is 10.6. The molecule has 0 spiro atoms. The van der Waals surface area contributed by atoms with Crippen LogP contribution in [0.25, 0.3) is 11.3 Å². The zero-order valence-electron chi connectivity index (χ0n) is 11.7. The number of thiazole rings is 1.